The van der Waals surface area contributed by atoms with Crippen LogP contribution in [-0.4, -0.2) is 59.1 Å². The molecular weight excluding hydrogens is 531 g/mol. The highest BCUT2D eigenvalue weighted by Gasteiger charge is 2.40. The number of fused-ring (bicyclic) bond motifs is 2. The summed E-state index contributed by atoms with van der Waals surface area (Å²) in [5.41, 5.74) is 0.531. The van der Waals surface area contributed by atoms with Crippen LogP contribution in [0.25, 0.3) is 0 Å². The summed E-state index contributed by atoms with van der Waals surface area (Å²) in [4.78, 5) is 31.8. The maximum atomic E-state index is 15.3. The van der Waals surface area contributed by atoms with Crippen LogP contribution in [0.4, 0.5) is 20.9 Å². The summed E-state index contributed by atoms with van der Waals surface area (Å²) in [6.07, 6.45) is 4.04. The molecule has 2 heterocycles. The molecule has 5 rings (SSSR count). The van der Waals surface area contributed by atoms with E-state index in [0.29, 0.717) is 53.6 Å². The molecule has 11 nitrogen and oxygen atoms in total. The number of hydrogen-bond acceptors (Lipinski definition) is 8. The van der Waals surface area contributed by atoms with Gasteiger partial charge in [-0.1, -0.05) is 0 Å². The first-order valence-corrected chi connectivity index (χ1v) is 14.5. The van der Waals surface area contributed by atoms with Crippen molar-refractivity contribution in [2.75, 3.05) is 18.0 Å². The normalized spacial score (nSPS) is 21.1. The molecule has 1 aromatic heterocycles. The number of carbonyl (C=O) groups excluding carboxylic acids is 2. The molecule has 0 spiro atoms. The third-order valence-corrected chi connectivity index (χ3v) is 8.67. The Morgan fingerprint density at radius 2 is 1.74 bits per heavy atom. The minimum absolute atomic E-state index is 0.0485. The number of nitrogens with zero attached hydrogens (tertiary/aromatic N) is 3. The van der Waals surface area contributed by atoms with Crippen molar-refractivity contribution in [3.05, 3.63) is 40.0 Å². The summed E-state index contributed by atoms with van der Waals surface area (Å²) < 4.78 is 54.9. The summed E-state index contributed by atoms with van der Waals surface area (Å²) in [5.74, 6) is -1.28. The number of amides is 2. The quantitative estimate of drug-likeness (QED) is 0.563. The van der Waals surface area contributed by atoms with Gasteiger partial charge in [0.05, 0.1) is 11.3 Å². The lowest BCUT2D eigenvalue weighted by molar-refractivity contribution is 0.0591. The van der Waals surface area contributed by atoms with Crippen LogP contribution >= 0.6 is 0 Å². The van der Waals surface area contributed by atoms with E-state index in [1.165, 1.54) is 6.92 Å². The topological polar surface area (TPSA) is 142 Å². The number of rotatable bonds is 5. The van der Waals surface area contributed by atoms with Crippen molar-refractivity contribution in [1.82, 2.24) is 14.0 Å². The maximum Gasteiger partial charge on any atom is 0.423 e. The van der Waals surface area contributed by atoms with Gasteiger partial charge in [-0.2, -0.15) is 22.6 Å². The van der Waals surface area contributed by atoms with E-state index in [1.54, 1.807) is 20.8 Å². The van der Waals surface area contributed by atoms with Gasteiger partial charge in [0.1, 0.15) is 17.7 Å². The standard InChI is InChI=1S/C26H33FN4O7S/c1-25(2,3)38-24(33)31(21-17-9-5-7-15(17)20(27)16-8-6-10-18(16)21)23-28-19(13-37-23)22(32)29-39(35,36)30-12-11-26(4,34)14-30/h13,34H,5-12,14H2,1-4H3,(H,29,32). The minimum atomic E-state index is -4.26. The molecule has 0 bridgehead atoms. The average Bonchev–Trinajstić information content (AvgIpc) is 3.60. The van der Waals surface area contributed by atoms with E-state index in [2.05, 4.69) is 4.98 Å². The van der Waals surface area contributed by atoms with Crippen LogP contribution in [0.3, 0.4) is 0 Å². The lowest BCUT2D eigenvalue weighted by Crippen LogP contribution is -2.44. The van der Waals surface area contributed by atoms with E-state index in [1.807, 2.05) is 4.72 Å². The second-order valence-electron chi connectivity index (χ2n) is 11.6. The molecular formula is C26H33FN4O7S. The van der Waals surface area contributed by atoms with Gasteiger partial charge in [0.15, 0.2) is 5.69 Å². The van der Waals surface area contributed by atoms with Gasteiger partial charge in [-0.05, 0) is 94.9 Å². The minimum Gasteiger partial charge on any atom is -0.443 e. The zero-order chi connectivity index (χ0) is 28.3. The van der Waals surface area contributed by atoms with Gasteiger partial charge in [-0.25, -0.2) is 13.9 Å². The molecule has 2 aliphatic carbocycles. The van der Waals surface area contributed by atoms with Crippen LogP contribution in [0.5, 0.6) is 0 Å². The Morgan fingerprint density at radius 1 is 1.15 bits per heavy atom. The molecule has 1 atom stereocenters. The van der Waals surface area contributed by atoms with Crippen LogP contribution in [0, 0.1) is 5.82 Å². The molecule has 1 aliphatic heterocycles. The van der Waals surface area contributed by atoms with Crippen LogP contribution < -0.4 is 9.62 Å². The molecule has 3 aliphatic rings. The molecule has 0 radical (unpaired) electrons. The second kappa shape index (κ2) is 9.56. The van der Waals surface area contributed by atoms with Gasteiger partial charge in [-0.3, -0.25) is 4.79 Å². The highest BCUT2D eigenvalue weighted by molar-refractivity contribution is 7.87. The molecule has 13 heteroatoms. The van der Waals surface area contributed by atoms with Crippen molar-refractivity contribution < 1.29 is 36.7 Å². The van der Waals surface area contributed by atoms with Crippen molar-refractivity contribution in [2.24, 2.45) is 0 Å². The fourth-order valence-corrected chi connectivity index (χ4v) is 6.76. The summed E-state index contributed by atoms with van der Waals surface area (Å²) in [7, 11) is -4.26. The highest BCUT2D eigenvalue weighted by atomic mass is 32.2. The first-order chi connectivity index (χ1) is 18.2. The Hall–Kier alpha value is -3.03. The summed E-state index contributed by atoms with van der Waals surface area (Å²) in [6.45, 7) is 6.52. The van der Waals surface area contributed by atoms with Gasteiger partial charge >= 0.3 is 22.3 Å². The fraction of sp³-hybridized carbons (Fsp3) is 0.577. The first kappa shape index (κ1) is 27.5. The summed E-state index contributed by atoms with van der Waals surface area (Å²) in [6, 6.07) is -0.286. The largest absolute Gasteiger partial charge is 0.443 e. The van der Waals surface area contributed by atoms with E-state index >= 15 is 4.39 Å². The van der Waals surface area contributed by atoms with E-state index in [0.717, 1.165) is 28.3 Å². The Morgan fingerprint density at radius 3 is 2.28 bits per heavy atom. The number of aliphatic hydroxyl groups is 1. The molecule has 2 N–H and O–H groups in total. The molecule has 2 amide bonds. The molecule has 2 aromatic rings. The van der Waals surface area contributed by atoms with Gasteiger partial charge < -0.3 is 14.3 Å². The predicted octanol–water partition coefficient (Wildman–Crippen LogP) is 3.30. The van der Waals surface area contributed by atoms with E-state index in [9.17, 15) is 23.1 Å². The molecule has 212 valence electrons. The SMILES string of the molecule is CC1(O)CCN(S(=O)(=O)NC(=O)c2coc(N(C(=O)OC(C)(C)C)c3c4c(c(F)c5c3CCC5)CCC4)n2)C1. The van der Waals surface area contributed by atoms with Crippen LogP contribution in [0.1, 0.15) is 79.7 Å². The summed E-state index contributed by atoms with van der Waals surface area (Å²) in [5, 5.41) is 10.1. The van der Waals surface area contributed by atoms with Crippen LogP contribution in [0.2, 0.25) is 0 Å². The predicted molar refractivity (Wildman–Crippen MR) is 139 cm³/mol. The number of carbonyl (C=O) groups is 2. The maximum absolute atomic E-state index is 15.3. The molecule has 1 unspecified atom stereocenters. The van der Waals surface area contributed by atoms with Crippen molar-refractivity contribution in [2.45, 2.75) is 83.8 Å². The smallest absolute Gasteiger partial charge is 0.423 e. The number of aromatic nitrogens is 1. The molecule has 0 saturated carbocycles. The first-order valence-electron chi connectivity index (χ1n) is 13.0. The number of benzene rings is 1. The third kappa shape index (κ3) is 5.27. The molecule has 39 heavy (non-hydrogen) atoms. The monoisotopic (exact) mass is 564 g/mol. The Bertz CT molecular complexity index is 1410. The zero-order valence-electron chi connectivity index (χ0n) is 22.5. The number of anilines is 2. The van der Waals surface area contributed by atoms with Crippen molar-refractivity contribution in [3.8, 4) is 0 Å². The number of halogens is 1. The second-order valence-corrected chi connectivity index (χ2v) is 13.3. The Labute approximate surface area is 226 Å². The number of hydrogen-bond donors (Lipinski definition) is 2. The zero-order valence-corrected chi connectivity index (χ0v) is 23.3. The Balaban J connectivity index is 1.52. The van der Waals surface area contributed by atoms with Crippen molar-refractivity contribution in [1.29, 1.82) is 0 Å². The summed E-state index contributed by atoms with van der Waals surface area (Å²) >= 11 is 0. The van der Waals surface area contributed by atoms with Gasteiger partial charge in [0.25, 0.3) is 5.91 Å². The van der Waals surface area contributed by atoms with Gasteiger partial charge in [0.2, 0.25) is 0 Å². The van der Waals surface area contributed by atoms with E-state index < -0.39 is 33.4 Å². The van der Waals surface area contributed by atoms with Crippen LogP contribution in [0.15, 0.2) is 10.7 Å². The number of β-amino-alcohol motifs (C(OH)–C–C–N with tert-alkyl or cyclic N) is 1. The fourth-order valence-electron chi connectivity index (χ4n) is 5.52. The third-order valence-electron chi connectivity index (χ3n) is 7.23. The number of oxazole rings is 1. The lowest BCUT2D eigenvalue weighted by Gasteiger charge is -2.28. The average molecular weight is 565 g/mol. The highest BCUT2D eigenvalue weighted by Crippen LogP contribution is 2.45. The van der Waals surface area contributed by atoms with E-state index in [-0.39, 0.29) is 37.0 Å². The Kier molecular flexibility index (Phi) is 6.75. The number of nitrogens with one attached hydrogen (secondary N) is 1. The van der Waals surface area contributed by atoms with Crippen molar-refractivity contribution >= 4 is 33.9 Å². The van der Waals surface area contributed by atoms with E-state index in [4.69, 9.17) is 9.15 Å². The molecule has 1 saturated heterocycles. The molecule has 1 fully saturated rings. The number of ether oxygens (including phenoxy) is 1. The lowest BCUT2D eigenvalue weighted by atomic mass is 9.97. The van der Waals surface area contributed by atoms with Gasteiger partial charge in [-0.15, -0.1) is 0 Å². The van der Waals surface area contributed by atoms with Gasteiger partial charge in [0, 0.05) is 13.1 Å². The van der Waals surface area contributed by atoms with Crippen molar-refractivity contribution in [3.63, 3.8) is 0 Å². The van der Waals surface area contributed by atoms with Crippen LogP contribution in [-0.2, 0) is 40.6 Å². The molecule has 1 aromatic carbocycles.